The van der Waals surface area contributed by atoms with Crippen molar-refractivity contribution in [3.8, 4) is 0 Å². The summed E-state index contributed by atoms with van der Waals surface area (Å²) in [4.78, 5) is 28.1. The average Bonchev–Trinajstić information content (AvgIpc) is 3.20. The number of fused-ring (bicyclic) bond motifs is 1. The first-order valence-corrected chi connectivity index (χ1v) is 12.6. The normalized spacial score (nSPS) is 14.8. The van der Waals surface area contributed by atoms with Gasteiger partial charge >= 0.3 is 5.97 Å². The van der Waals surface area contributed by atoms with Gasteiger partial charge < -0.3 is 14.4 Å². The molecule has 1 unspecified atom stereocenters. The Morgan fingerprint density at radius 2 is 1.81 bits per heavy atom. The van der Waals surface area contributed by atoms with Crippen LogP contribution in [-0.4, -0.2) is 63.4 Å². The lowest BCUT2D eigenvalue weighted by atomic mass is 10.0. The average molecular weight is 481 g/mol. The topological polar surface area (TPSA) is 93.2 Å². The second-order valence-electron chi connectivity index (χ2n) is 7.28. The highest BCUT2D eigenvalue weighted by Crippen LogP contribution is 2.38. The Kier molecular flexibility index (Phi) is 7.71. The van der Waals surface area contributed by atoms with Crippen molar-refractivity contribution in [2.45, 2.75) is 37.1 Å². The molecule has 1 aliphatic heterocycles. The first-order chi connectivity index (χ1) is 15.3. The summed E-state index contributed by atoms with van der Waals surface area (Å²) in [5.41, 5.74) is 1.49. The van der Waals surface area contributed by atoms with Crippen molar-refractivity contribution >= 4 is 33.2 Å². The van der Waals surface area contributed by atoms with Gasteiger partial charge in [-0.3, -0.25) is 4.79 Å². The van der Waals surface area contributed by atoms with Crippen LogP contribution in [0.15, 0.2) is 34.5 Å². The predicted octanol–water partition coefficient (Wildman–Crippen LogP) is 2.84. The first-order valence-electron chi connectivity index (χ1n) is 10.4. The quantitative estimate of drug-likeness (QED) is 0.540. The zero-order chi connectivity index (χ0) is 23.5. The van der Waals surface area contributed by atoms with E-state index in [1.807, 2.05) is 30.3 Å². The number of hydrogen-bond donors (Lipinski definition) is 0. The van der Waals surface area contributed by atoms with Crippen molar-refractivity contribution in [1.82, 2.24) is 9.21 Å². The van der Waals surface area contributed by atoms with Gasteiger partial charge in [0.25, 0.3) is 15.9 Å². The molecule has 0 radical (unpaired) electrons. The lowest BCUT2D eigenvalue weighted by Gasteiger charge is -2.30. The van der Waals surface area contributed by atoms with Gasteiger partial charge in [0.2, 0.25) is 0 Å². The van der Waals surface area contributed by atoms with Crippen molar-refractivity contribution in [3.63, 3.8) is 0 Å². The zero-order valence-electron chi connectivity index (χ0n) is 18.7. The maximum Gasteiger partial charge on any atom is 0.340 e. The van der Waals surface area contributed by atoms with Gasteiger partial charge in [0.1, 0.15) is 4.21 Å². The molecule has 1 atom stereocenters. The fraction of sp³-hybridized carbons (Fsp3) is 0.455. The maximum absolute atomic E-state index is 13.2. The second kappa shape index (κ2) is 10.1. The molecule has 0 saturated carbocycles. The number of benzene rings is 1. The van der Waals surface area contributed by atoms with Crippen molar-refractivity contribution in [2.24, 2.45) is 0 Å². The molecule has 1 amide bonds. The van der Waals surface area contributed by atoms with Crippen LogP contribution in [0.25, 0.3) is 0 Å². The Hall–Kier alpha value is -2.27. The molecule has 2 heterocycles. The fourth-order valence-corrected chi connectivity index (χ4v) is 7.41. The van der Waals surface area contributed by atoms with E-state index in [1.165, 1.54) is 18.5 Å². The van der Waals surface area contributed by atoms with Crippen LogP contribution in [0.1, 0.15) is 46.3 Å². The number of ether oxygens (including phenoxy) is 2. The Morgan fingerprint density at radius 1 is 1.16 bits per heavy atom. The van der Waals surface area contributed by atoms with Gasteiger partial charge in [-0.05, 0) is 17.5 Å². The van der Waals surface area contributed by atoms with Crippen LogP contribution in [0.4, 0.5) is 0 Å². The standard InChI is InChI=1S/C22H28N2O6S2/c1-5-24(6-2)32(27,28)22-18(21(26)30-4)16-12-13-23(14-17(16)31-22)20(25)19(29-3)15-10-8-7-9-11-15/h7-11,19H,5-6,12-14H2,1-4H3. The van der Waals surface area contributed by atoms with Gasteiger partial charge in [0.15, 0.2) is 6.10 Å². The molecular formula is C22H28N2O6S2. The van der Waals surface area contributed by atoms with Gasteiger partial charge in [0, 0.05) is 31.6 Å². The molecule has 32 heavy (non-hydrogen) atoms. The number of hydrogen-bond acceptors (Lipinski definition) is 7. The Labute approximate surface area is 192 Å². The van der Waals surface area contributed by atoms with E-state index in [2.05, 4.69) is 0 Å². The molecular weight excluding hydrogens is 452 g/mol. The monoisotopic (exact) mass is 480 g/mol. The third-order valence-electron chi connectivity index (χ3n) is 5.57. The van der Waals surface area contributed by atoms with E-state index in [-0.39, 0.29) is 22.2 Å². The van der Waals surface area contributed by atoms with E-state index in [1.54, 1.807) is 18.7 Å². The minimum Gasteiger partial charge on any atom is -0.465 e. The predicted molar refractivity (Wildman–Crippen MR) is 121 cm³/mol. The van der Waals surface area contributed by atoms with Crippen LogP contribution in [-0.2, 0) is 37.3 Å². The molecule has 0 spiro atoms. The van der Waals surface area contributed by atoms with Crippen LogP contribution in [0.3, 0.4) is 0 Å². The van der Waals surface area contributed by atoms with Crippen molar-refractivity contribution in [2.75, 3.05) is 33.9 Å². The van der Waals surface area contributed by atoms with Crippen molar-refractivity contribution < 1.29 is 27.5 Å². The number of rotatable bonds is 8. The lowest BCUT2D eigenvalue weighted by Crippen LogP contribution is -2.39. The molecule has 1 aliphatic rings. The minimum atomic E-state index is -3.86. The number of carbonyl (C=O) groups is 2. The third kappa shape index (κ3) is 4.45. The second-order valence-corrected chi connectivity index (χ2v) is 10.5. The third-order valence-corrected chi connectivity index (χ3v) is 9.33. The number of nitrogens with zero attached hydrogens (tertiary/aromatic N) is 2. The molecule has 174 valence electrons. The summed E-state index contributed by atoms with van der Waals surface area (Å²) < 4.78 is 38.2. The maximum atomic E-state index is 13.2. The largest absolute Gasteiger partial charge is 0.465 e. The molecule has 0 saturated heterocycles. The lowest BCUT2D eigenvalue weighted by molar-refractivity contribution is -0.143. The molecule has 2 aromatic rings. The Bertz CT molecular complexity index is 1080. The summed E-state index contributed by atoms with van der Waals surface area (Å²) in [5.74, 6) is -0.877. The smallest absolute Gasteiger partial charge is 0.340 e. The highest BCUT2D eigenvalue weighted by molar-refractivity contribution is 7.91. The van der Waals surface area contributed by atoms with Gasteiger partial charge in [-0.2, -0.15) is 4.31 Å². The van der Waals surface area contributed by atoms with Gasteiger partial charge in [-0.15, -0.1) is 11.3 Å². The zero-order valence-corrected chi connectivity index (χ0v) is 20.3. The number of amides is 1. The number of thiophene rings is 1. The summed E-state index contributed by atoms with van der Waals surface area (Å²) in [7, 11) is -1.14. The molecule has 3 rings (SSSR count). The summed E-state index contributed by atoms with van der Waals surface area (Å²) in [6.45, 7) is 4.65. The molecule has 10 heteroatoms. The molecule has 0 fully saturated rings. The molecule has 8 nitrogen and oxygen atoms in total. The van der Waals surface area contributed by atoms with Crippen LogP contribution in [0, 0.1) is 0 Å². The number of esters is 1. The SMILES string of the molecule is CCN(CC)S(=O)(=O)c1sc2c(c1C(=O)OC)CCN(C(=O)C(OC)c1ccccc1)C2. The molecule has 0 aliphatic carbocycles. The van der Waals surface area contributed by atoms with Gasteiger partial charge in [-0.1, -0.05) is 44.2 Å². The van der Waals surface area contributed by atoms with Crippen LogP contribution < -0.4 is 0 Å². The van der Waals surface area contributed by atoms with Crippen LogP contribution in [0.2, 0.25) is 0 Å². The van der Waals surface area contributed by atoms with Crippen molar-refractivity contribution in [1.29, 1.82) is 0 Å². The van der Waals surface area contributed by atoms with Crippen molar-refractivity contribution in [3.05, 3.63) is 51.9 Å². The van der Waals surface area contributed by atoms with E-state index < -0.39 is 22.1 Å². The number of sulfonamides is 1. The van der Waals surface area contributed by atoms with Crippen LogP contribution in [0.5, 0.6) is 0 Å². The molecule has 0 bridgehead atoms. The Morgan fingerprint density at radius 3 is 2.38 bits per heavy atom. The first kappa shape index (κ1) is 24.4. The van der Waals surface area contributed by atoms with E-state index in [4.69, 9.17) is 9.47 Å². The Balaban J connectivity index is 1.98. The summed E-state index contributed by atoms with van der Waals surface area (Å²) in [6, 6.07) is 9.21. The summed E-state index contributed by atoms with van der Waals surface area (Å²) >= 11 is 1.04. The van der Waals surface area contributed by atoms with E-state index in [9.17, 15) is 18.0 Å². The minimum absolute atomic E-state index is 0.0151. The number of carbonyl (C=O) groups excluding carboxylic acids is 2. The van der Waals surface area contributed by atoms with Gasteiger partial charge in [0.05, 0.1) is 19.2 Å². The fourth-order valence-electron chi connectivity index (χ4n) is 3.91. The molecule has 1 aromatic carbocycles. The molecule has 0 N–H and O–H groups in total. The highest BCUT2D eigenvalue weighted by atomic mass is 32.2. The summed E-state index contributed by atoms with van der Waals surface area (Å²) in [6.07, 6.45) is -0.391. The number of methoxy groups -OCH3 is 2. The van der Waals surface area contributed by atoms with E-state index in [0.29, 0.717) is 36.5 Å². The molecule has 1 aromatic heterocycles. The van der Waals surface area contributed by atoms with Crippen LogP contribution >= 0.6 is 11.3 Å². The van der Waals surface area contributed by atoms with E-state index >= 15 is 0 Å². The van der Waals surface area contributed by atoms with E-state index in [0.717, 1.165) is 16.9 Å². The highest BCUT2D eigenvalue weighted by Gasteiger charge is 2.38. The summed E-state index contributed by atoms with van der Waals surface area (Å²) in [5, 5.41) is 0. The van der Waals surface area contributed by atoms with Gasteiger partial charge in [-0.25, -0.2) is 13.2 Å².